The molecule has 0 aliphatic rings. The Balaban J connectivity index is 1.40. The maximum Gasteiger partial charge on any atom is 0.149 e. The number of nitriles is 1. The molecule has 0 spiro atoms. The Labute approximate surface area is 268 Å². The Hall–Kier alpha value is -5.99. The Morgan fingerprint density at radius 3 is 2.11 bits per heavy atom. The minimum absolute atomic E-state index is 0.101. The van der Waals surface area contributed by atoms with Gasteiger partial charge in [0.25, 0.3) is 0 Å². The largest absolute Gasteiger partial charge is 0.507 e. The zero-order valence-corrected chi connectivity index (χ0v) is 25.9. The number of hydrogen-bond donors (Lipinski definition) is 1. The molecule has 0 radical (unpaired) electrons. The number of aromatic nitrogens is 3. The van der Waals surface area contributed by atoms with Gasteiger partial charge in [-0.1, -0.05) is 106 Å². The van der Waals surface area contributed by atoms with E-state index in [2.05, 4.69) is 67.8 Å². The first-order valence-electron chi connectivity index (χ1n) is 15.3. The van der Waals surface area contributed by atoms with Crippen molar-refractivity contribution in [3.8, 4) is 62.4 Å². The van der Waals surface area contributed by atoms with Gasteiger partial charge in [-0.2, -0.15) is 5.26 Å². The highest BCUT2D eigenvalue weighted by molar-refractivity contribution is 5.96. The third kappa shape index (κ3) is 5.21. The van der Waals surface area contributed by atoms with E-state index in [0.717, 1.165) is 55.8 Å². The van der Waals surface area contributed by atoms with E-state index in [9.17, 15) is 10.4 Å². The van der Waals surface area contributed by atoms with Gasteiger partial charge in [0.15, 0.2) is 0 Å². The molecular formula is C41H32N4O. The molecule has 0 bridgehead atoms. The van der Waals surface area contributed by atoms with Gasteiger partial charge >= 0.3 is 0 Å². The number of para-hydroxylation sites is 2. The van der Waals surface area contributed by atoms with Crippen LogP contribution in [0.15, 0.2) is 134 Å². The molecule has 5 heteroatoms. The number of imidazole rings is 1. The molecule has 0 saturated heterocycles. The van der Waals surface area contributed by atoms with Gasteiger partial charge in [0.2, 0.25) is 0 Å². The molecule has 0 aliphatic heterocycles. The molecule has 2 heterocycles. The maximum atomic E-state index is 11.2. The van der Waals surface area contributed by atoms with Gasteiger partial charge in [-0.05, 0) is 64.6 Å². The van der Waals surface area contributed by atoms with E-state index in [1.54, 1.807) is 12.3 Å². The standard InChI is InChI=1S/C41H32N4O/c1-41(2,3)31-20-21-38(46)34(24-31)40-44-39-33(18-11-19-37(39)45(40)32-16-8-5-9-17-32)28-14-10-15-29(22-28)36-23-30(25-42)35(26-43-36)27-12-6-4-7-13-27/h4-24,26,46H,1-3H3. The van der Waals surface area contributed by atoms with Crippen LogP contribution >= 0.6 is 0 Å². The van der Waals surface area contributed by atoms with Crippen LogP contribution in [0.5, 0.6) is 5.75 Å². The zero-order valence-electron chi connectivity index (χ0n) is 25.9. The fourth-order valence-electron chi connectivity index (χ4n) is 5.93. The second kappa shape index (κ2) is 11.5. The lowest BCUT2D eigenvalue weighted by Gasteiger charge is -2.20. The van der Waals surface area contributed by atoms with Crippen LogP contribution < -0.4 is 0 Å². The Morgan fingerprint density at radius 2 is 1.37 bits per heavy atom. The summed E-state index contributed by atoms with van der Waals surface area (Å²) in [5, 5.41) is 21.1. The number of phenols is 1. The number of rotatable bonds is 5. The van der Waals surface area contributed by atoms with Crippen LogP contribution in [0.1, 0.15) is 31.9 Å². The molecule has 0 saturated carbocycles. The first-order valence-corrected chi connectivity index (χ1v) is 15.3. The van der Waals surface area contributed by atoms with Gasteiger partial charge in [-0.15, -0.1) is 0 Å². The molecule has 0 aliphatic carbocycles. The second-order valence-electron chi connectivity index (χ2n) is 12.4. The summed E-state index contributed by atoms with van der Waals surface area (Å²) in [6.07, 6.45) is 1.78. The monoisotopic (exact) mass is 596 g/mol. The van der Waals surface area contributed by atoms with Gasteiger partial charge < -0.3 is 5.11 Å². The Morgan fingerprint density at radius 1 is 0.674 bits per heavy atom. The molecule has 0 atom stereocenters. The molecule has 5 nitrogen and oxygen atoms in total. The molecule has 0 unspecified atom stereocenters. The quantitative estimate of drug-likeness (QED) is 0.215. The summed E-state index contributed by atoms with van der Waals surface area (Å²) >= 11 is 0. The highest BCUT2D eigenvalue weighted by atomic mass is 16.3. The number of fused-ring (bicyclic) bond motifs is 1. The highest BCUT2D eigenvalue weighted by Crippen LogP contribution is 2.39. The highest BCUT2D eigenvalue weighted by Gasteiger charge is 2.22. The van der Waals surface area contributed by atoms with Gasteiger partial charge in [0, 0.05) is 28.6 Å². The van der Waals surface area contributed by atoms with Crippen molar-refractivity contribution in [2.45, 2.75) is 26.2 Å². The number of benzene rings is 5. The minimum Gasteiger partial charge on any atom is -0.507 e. The van der Waals surface area contributed by atoms with E-state index in [-0.39, 0.29) is 11.2 Å². The molecule has 1 N–H and O–H groups in total. The average Bonchev–Trinajstić information content (AvgIpc) is 3.48. The van der Waals surface area contributed by atoms with E-state index < -0.39 is 0 Å². The maximum absolute atomic E-state index is 11.2. The molecule has 0 fully saturated rings. The molecule has 46 heavy (non-hydrogen) atoms. The van der Waals surface area contributed by atoms with Crippen LogP contribution in [-0.4, -0.2) is 19.6 Å². The van der Waals surface area contributed by atoms with E-state index in [0.29, 0.717) is 17.0 Å². The average molecular weight is 597 g/mol. The summed E-state index contributed by atoms with van der Waals surface area (Å²) in [7, 11) is 0. The van der Waals surface area contributed by atoms with Crippen molar-refractivity contribution in [2.24, 2.45) is 0 Å². The minimum atomic E-state index is -0.101. The van der Waals surface area contributed by atoms with E-state index in [1.807, 2.05) is 84.9 Å². The first kappa shape index (κ1) is 28.8. The van der Waals surface area contributed by atoms with Gasteiger partial charge in [-0.3, -0.25) is 9.55 Å². The SMILES string of the molecule is CC(C)(C)c1ccc(O)c(-c2nc3c(-c4cccc(-c5cc(C#N)c(-c6ccccc6)cn5)c4)cccc3n2-c2ccccc2)c1. The lowest BCUT2D eigenvalue weighted by atomic mass is 9.86. The van der Waals surface area contributed by atoms with Crippen LogP contribution in [0.2, 0.25) is 0 Å². The third-order valence-electron chi connectivity index (χ3n) is 8.38. The summed E-state index contributed by atoms with van der Waals surface area (Å²) in [5.74, 6) is 0.854. The summed E-state index contributed by atoms with van der Waals surface area (Å²) in [6, 6.07) is 44.4. The second-order valence-corrected chi connectivity index (χ2v) is 12.4. The van der Waals surface area contributed by atoms with Gasteiger partial charge in [0.1, 0.15) is 11.6 Å². The molecule has 7 rings (SSSR count). The smallest absolute Gasteiger partial charge is 0.149 e. The number of phenolic OH excluding ortho intramolecular Hbond substituents is 1. The normalized spacial score (nSPS) is 11.4. The van der Waals surface area contributed by atoms with Crippen molar-refractivity contribution >= 4 is 11.0 Å². The molecule has 222 valence electrons. The summed E-state index contributed by atoms with van der Waals surface area (Å²) in [6.45, 7) is 6.49. The predicted molar refractivity (Wildman–Crippen MR) is 186 cm³/mol. The van der Waals surface area contributed by atoms with Crippen molar-refractivity contribution in [1.29, 1.82) is 5.26 Å². The molecule has 7 aromatic rings. The Bertz CT molecular complexity index is 2260. The van der Waals surface area contributed by atoms with E-state index in [4.69, 9.17) is 9.97 Å². The fraction of sp³-hybridized carbons (Fsp3) is 0.0976. The van der Waals surface area contributed by atoms with Crippen molar-refractivity contribution in [1.82, 2.24) is 14.5 Å². The predicted octanol–water partition coefficient (Wildman–Crippen LogP) is 9.96. The van der Waals surface area contributed by atoms with E-state index in [1.165, 1.54) is 0 Å². The number of pyridine rings is 1. The zero-order chi connectivity index (χ0) is 31.8. The summed E-state index contributed by atoms with van der Waals surface area (Å²) in [4.78, 5) is 10.0. The molecular weight excluding hydrogens is 564 g/mol. The van der Waals surface area contributed by atoms with Crippen LogP contribution in [0.3, 0.4) is 0 Å². The summed E-state index contributed by atoms with van der Waals surface area (Å²) in [5.41, 5.74) is 10.3. The number of nitrogens with zero attached hydrogens (tertiary/aromatic N) is 4. The van der Waals surface area contributed by atoms with Gasteiger partial charge in [-0.25, -0.2) is 4.98 Å². The van der Waals surface area contributed by atoms with Crippen LogP contribution in [0.4, 0.5) is 0 Å². The lowest BCUT2D eigenvalue weighted by molar-refractivity contribution is 0.475. The Kier molecular flexibility index (Phi) is 7.19. The van der Waals surface area contributed by atoms with Crippen molar-refractivity contribution < 1.29 is 5.11 Å². The van der Waals surface area contributed by atoms with Crippen molar-refractivity contribution in [3.63, 3.8) is 0 Å². The van der Waals surface area contributed by atoms with Gasteiger partial charge in [0.05, 0.1) is 33.9 Å². The third-order valence-corrected chi connectivity index (χ3v) is 8.38. The van der Waals surface area contributed by atoms with Crippen LogP contribution in [0.25, 0.3) is 61.6 Å². The first-order chi connectivity index (χ1) is 22.3. The van der Waals surface area contributed by atoms with Crippen LogP contribution in [-0.2, 0) is 5.41 Å². The number of aromatic hydroxyl groups is 1. The summed E-state index contributed by atoms with van der Waals surface area (Å²) < 4.78 is 2.12. The van der Waals surface area contributed by atoms with E-state index >= 15 is 0 Å². The van der Waals surface area contributed by atoms with Crippen molar-refractivity contribution in [3.05, 3.63) is 145 Å². The fourth-order valence-corrected chi connectivity index (χ4v) is 5.93. The molecule has 2 aromatic heterocycles. The molecule has 5 aromatic carbocycles. The van der Waals surface area contributed by atoms with Crippen LogP contribution in [0, 0.1) is 11.3 Å². The molecule has 0 amide bonds. The number of hydrogen-bond acceptors (Lipinski definition) is 4. The van der Waals surface area contributed by atoms with Crippen molar-refractivity contribution in [2.75, 3.05) is 0 Å². The topological polar surface area (TPSA) is 74.7 Å². The lowest BCUT2D eigenvalue weighted by Crippen LogP contribution is -2.11.